The maximum Gasteiger partial charge on any atom is 0.127 e. The molecule has 1 aliphatic heterocycles. The van der Waals surface area contributed by atoms with Crippen LogP contribution >= 0.6 is 11.6 Å². The number of hydrogen-bond donors (Lipinski definition) is 2. The van der Waals surface area contributed by atoms with Gasteiger partial charge in [0.05, 0.1) is 34.8 Å². The van der Waals surface area contributed by atoms with Crippen LogP contribution in [0.1, 0.15) is 30.2 Å². The summed E-state index contributed by atoms with van der Waals surface area (Å²) in [5, 5.41) is 4.29. The standard InChI is InChI=1S/C15H16ClN5/c1-2-21-14-5-9(16)3-4-10(14)20-15(21)12-6-11-13(7-17-12)19-8-18-11/h3-5,8,12,17H,2,6-7H2,1H3,(H,18,19). The molecule has 2 N–H and O–H groups in total. The van der Waals surface area contributed by atoms with E-state index in [1.165, 1.54) is 5.69 Å². The van der Waals surface area contributed by atoms with Gasteiger partial charge in [-0.2, -0.15) is 0 Å². The van der Waals surface area contributed by atoms with Crippen LogP contribution in [0, 0.1) is 0 Å². The average Bonchev–Trinajstić information content (AvgIpc) is 3.09. The van der Waals surface area contributed by atoms with Gasteiger partial charge in [0.1, 0.15) is 5.82 Å². The van der Waals surface area contributed by atoms with Crippen LogP contribution in [0.25, 0.3) is 11.0 Å². The number of aromatic amines is 1. The minimum Gasteiger partial charge on any atom is -0.347 e. The fraction of sp³-hybridized carbons (Fsp3) is 0.333. The van der Waals surface area contributed by atoms with Gasteiger partial charge in [-0.15, -0.1) is 0 Å². The smallest absolute Gasteiger partial charge is 0.127 e. The van der Waals surface area contributed by atoms with Gasteiger partial charge < -0.3 is 14.9 Å². The van der Waals surface area contributed by atoms with E-state index in [2.05, 4.69) is 26.8 Å². The summed E-state index contributed by atoms with van der Waals surface area (Å²) in [6, 6.07) is 6.04. The van der Waals surface area contributed by atoms with Crippen LogP contribution in [-0.2, 0) is 19.5 Å². The Bertz CT molecular complexity index is 804. The lowest BCUT2D eigenvalue weighted by molar-refractivity contribution is 0.452. The number of aromatic nitrogens is 4. The first kappa shape index (κ1) is 12.9. The van der Waals surface area contributed by atoms with Crippen molar-refractivity contribution in [3.63, 3.8) is 0 Å². The topological polar surface area (TPSA) is 58.5 Å². The third-order valence-electron chi connectivity index (χ3n) is 4.10. The molecule has 5 nitrogen and oxygen atoms in total. The van der Waals surface area contributed by atoms with E-state index in [-0.39, 0.29) is 6.04 Å². The summed E-state index contributed by atoms with van der Waals surface area (Å²) in [5.41, 5.74) is 4.39. The summed E-state index contributed by atoms with van der Waals surface area (Å²) < 4.78 is 2.23. The van der Waals surface area contributed by atoms with Crippen molar-refractivity contribution in [3.05, 3.63) is 46.8 Å². The normalized spacial score (nSPS) is 18.1. The number of rotatable bonds is 2. The van der Waals surface area contributed by atoms with Gasteiger partial charge in [0.2, 0.25) is 0 Å². The molecule has 1 aliphatic rings. The molecule has 0 bridgehead atoms. The first-order valence-electron chi connectivity index (χ1n) is 7.16. The van der Waals surface area contributed by atoms with Gasteiger partial charge in [0.15, 0.2) is 0 Å². The van der Waals surface area contributed by atoms with Crippen molar-refractivity contribution in [2.75, 3.05) is 0 Å². The van der Waals surface area contributed by atoms with Crippen LogP contribution < -0.4 is 5.32 Å². The Kier molecular flexibility index (Phi) is 2.97. The molecule has 1 atom stereocenters. The molecule has 2 aromatic heterocycles. The van der Waals surface area contributed by atoms with Gasteiger partial charge in [0, 0.05) is 24.5 Å². The van der Waals surface area contributed by atoms with Crippen molar-refractivity contribution in [2.45, 2.75) is 32.5 Å². The van der Waals surface area contributed by atoms with Gasteiger partial charge in [-0.1, -0.05) is 11.6 Å². The highest BCUT2D eigenvalue weighted by molar-refractivity contribution is 6.31. The number of imidazole rings is 2. The van der Waals surface area contributed by atoms with Crippen molar-refractivity contribution in [3.8, 4) is 0 Å². The third kappa shape index (κ3) is 2.04. The highest BCUT2D eigenvalue weighted by Crippen LogP contribution is 2.28. The molecule has 0 aliphatic carbocycles. The van der Waals surface area contributed by atoms with Gasteiger partial charge in [-0.3, -0.25) is 0 Å². The molecule has 0 saturated heterocycles. The number of aryl methyl sites for hydroxylation is 1. The minimum absolute atomic E-state index is 0.187. The van der Waals surface area contributed by atoms with Crippen LogP contribution in [0.4, 0.5) is 0 Å². The Morgan fingerprint density at radius 2 is 2.33 bits per heavy atom. The zero-order chi connectivity index (χ0) is 14.4. The third-order valence-corrected chi connectivity index (χ3v) is 4.33. The van der Waals surface area contributed by atoms with E-state index in [9.17, 15) is 0 Å². The molecule has 1 aromatic carbocycles. The van der Waals surface area contributed by atoms with E-state index in [1.54, 1.807) is 6.33 Å². The first-order chi connectivity index (χ1) is 10.3. The quantitative estimate of drug-likeness (QED) is 0.765. The molecular formula is C15H16ClN5. The monoisotopic (exact) mass is 301 g/mol. The predicted molar refractivity (Wildman–Crippen MR) is 82.3 cm³/mol. The predicted octanol–water partition coefficient (Wildman–Crippen LogP) is 2.82. The lowest BCUT2D eigenvalue weighted by Crippen LogP contribution is -2.30. The molecule has 0 saturated carbocycles. The number of benzene rings is 1. The van der Waals surface area contributed by atoms with Crippen LogP contribution in [-0.4, -0.2) is 19.5 Å². The Labute approximate surface area is 127 Å². The van der Waals surface area contributed by atoms with Crippen LogP contribution in [0.5, 0.6) is 0 Å². The van der Waals surface area contributed by atoms with Gasteiger partial charge >= 0.3 is 0 Å². The highest BCUT2D eigenvalue weighted by Gasteiger charge is 2.25. The molecule has 108 valence electrons. The molecule has 0 amide bonds. The Morgan fingerprint density at radius 1 is 1.43 bits per heavy atom. The molecule has 4 rings (SSSR count). The number of H-pyrrole nitrogens is 1. The van der Waals surface area contributed by atoms with Crippen molar-refractivity contribution >= 4 is 22.6 Å². The molecule has 3 heterocycles. The molecule has 0 fully saturated rings. The Balaban J connectivity index is 1.80. The van der Waals surface area contributed by atoms with Crippen LogP contribution in [0.15, 0.2) is 24.5 Å². The maximum atomic E-state index is 6.12. The molecule has 1 unspecified atom stereocenters. The lowest BCUT2D eigenvalue weighted by Gasteiger charge is -2.23. The Hall–Kier alpha value is -1.85. The molecular weight excluding hydrogens is 286 g/mol. The fourth-order valence-electron chi connectivity index (χ4n) is 3.06. The van der Waals surface area contributed by atoms with E-state index in [1.807, 2.05) is 18.2 Å². The molecule has 3 aromatic rings. The second-order valence-corrected chi connectivity index (χ2v) is 5.75. The summed E-state index contributed by atoms with van der Waals surface area (Å²) in [4.78, 5) is 12.4. The van der Waals surface area contributed by atoms with E-state index < -0.39 is 0 Å². The van der Waals surface area contributed by atoms with Crippen LogP contribution in [0.3, 0.4) is 0 Å². The molecule has 6 heteroatoms. The van der Waals surface area contributed by atoms with Gasteiger partial charge in [-0.25, -0.2) is 9.97 Å². The number of fused-ring (bicyclic) bond motifs is 2. The van der Waals surface area contributed by atoms with E-state index in [0.29, 0.717) is 0 Å². The second-order valence-electron chi connectivity index (χ2n) is 5.31. The van der Waals surface area contributed by atoms with Crippen LogP contribution in [0.2, 0.25) is 5.02 Å². The Morgan fingerprint density at radius 3 is 3.19 bits per heavy atom. The van der Waals surface area contributed by atoms with Gasteiger partial charge in [0.25, 0.3) is 0 Å². The van der Waals surface area contributed by atoms with E-state index in [0.717, 1.165) is 47.1 Å². The van der Waals surface area contributed by atoms with E-state index in [4.69, 9.17) is 16.6 Å². The molecule has 0 spiro atoms. The van der Waals surface area contributed by atoms with Crippen molar-refractivity contribution in [2.24, 2.45) is 0 Å². The number of halogens is 1. The van der Waals surface area contributed by atoms with Crippen molar-refractivity contribution in [1.82, 2.24) is 24.8 Å². The summed E-state index contributed by atoms with van der Waals surface area (Å²) in [7, 11) is 0. The minimum atomic E-state index is 0.187. The average molecular weight is 302 g/mol. The lowest BCUT2D eigenvalue weighted by atomic mass is 10.0. The largest absolute Gasteiger partial charge is 0.347 e. The number of nitrogens with one attached hydrogen (secondary N) is 2. The first-order valence-corrected chi connectivity index (χ1v) is 7.54. The second kappa shape index (κ2) is 4.86. The SMILES string of the molecule is CCn1c(C2Cc3nc[nH]c3CN2)nc2ccc(Cl)cc21. The van der Waals surface area contributed by atoms with Gasteiger partial charge in [-0.05, 0) is 25.1 Å². The number of hydrogen-bond acceptors (Lipinski definition) is 3. The molecule has 21 heavy (non-hydrogen) atoms. The van der Waals surface area contributed by atoms with Crippen molar-refractivity contribution in [1.29, 1.82) is 0 Å². The van der Waals surface area contributed by atoms with E-state index >= 15 is 0 Å². The summed E-state index contributed by atoms with van der Waals surface area (Å²) >= 11 is 6.12. The summed E-state index contributed by atoms with van der Waals surface area (Å²) in [6.07, 6.45) is 2.62. The fourth-order valence-corrected chi connectivity index (χ4v) is 3.23. The summed E-state index contributed by atoms with van der Waals surface area (Å²) in [5.74, 6) is 1.06. The summed E-state index contributed by atoms with van der Waals surface area (Å²) in [6.45, 7) is 3.81. The highest BCUT2D eigenvalue weighted by atomic mass is 35.5. The zero-order valence-corrected chi connectivity index (χ0v) is 12.5. The number of nitrogens with zero attached hydrogens (tertiary/aromatic N) is 3. The zero-order valence-electron chi connectivity index (χ0n) is 11.7. The van der Waals surface area contributed by atoms with Crippen molar-refractivity contribution < 1.29 is 0 Å². The molecule has 0 radical (unpaired) electrons. The maximum absolute atomic E-state index is 6.12.